The number of rotatable bonds is 0. The zero-order valence-corrected chi connectivity index (χ0v) is 23.7. The molecule has 0 aromatic carbocycles. The van der Waals surface area contributed by atoms with Crippen molar-refractivity contribution in [3.8, 4) is 0 Å². The summed E-state index contributed by atoms with van der Waals surface area (Å²) in [6, 6.07) is 0. The topological polar surface area (TPSA) is 141 Å². The van der Waals surface area contributed by atoms with Crippen molar-refractivity contribution in [2.45, 2.75) is 110 Å². The highest BCUT2D eigenvalue weighted by atomic mass is 32.2. The van der Waals surface area contributed by atoms with Crippen LogP contribution in [0.1, 0.15) is 73.6 Å². The van der Waals surface area contributed by atoms with Gasteiger partial charge in [0, 0.05) is 5.92 Å². The Bertz CT molecular complexity index is 891. The van der Waals surface area contributed by atoms with Gasteiger partial charge >= 0.3 is 5.97 Å². The van der Waals surface area contributed by atoms with E-state index in [1.165, 1.54) is 0 Å². The molecule has 13 heteroatoms. The molecule has 0 aromatic heterocycles. The van der Waals surface area contributed by atoms with Gasteiger partial charge < -0.3 is 18.9 Å². The Balaban J connectivity index is 0.000000177. The first-order chi connectivity index (χ1) is 17.2. The molecule has 36 heavy (non-hydrogen) atoms. The summed E-state index contributed by atoms with van der Waals surface area (Å²) < 4.78 is 73.0. The lowest BCUT2D eigenvalue weighted by molar-refractivity contribution is -0.145. The maximum absolute atomic E-state index is 11.3. The molecule has 212 valence electrons. The van der Waals surface area contributed by atoms with Gasteiger partial charge in [-0.2, -0.15) is 16.8 Å². The van der Waals surface area contributed by atoms with Gasteiger partial charge in [0.05, 0.1) is 30.1 Å². The Morgan fingerprint density at radius 1 is 0.833 bits per heavy atom. The minimum absolute atomic E-state index is 0.0590. The van der Waals surface area contributed by atoms with Crippen LogP contribution in [-0.4, -0.2) is 77.9 Å². The molecule has 7 aliphatic rings. The fourth-order valence-electron chi connectivity index (χ4n) is 5.25. The maximum atomic E-state index is 11.3. The molecule has 5 saturated heterocycles. The quantitative estimate of drug-likeness (QED) is 0.320. The van der Waals surface area contributed by atoms with Crippen LogP contribution in [0.25, 0.3) is 0 Å². The number of carbonyl (C=O) groups excluding carboxylic acids is 1. The van der Waals surface area contributed by atoms with Crippen molar-refractivity contribution in [3.63, 3.8) is 0 Å². The van der Waals surface area contributed by atoms with Crippen LogP contribution in [0.5, 0.6) is 0 Å². The number of hydrogen-bond acceptors (Lipinski definition) is 11. The number of esters is 1. The molecule has 2 saturated carbocycles. The van der Waals surface area contributed by atoms with Crippen LogP contribution in [0, 0.1) is 11.8 Å². The van der Waals surface area contributed by atoms with Gasteiger partial charge in [0.2, 0.25) is 0 Å². The molecule has 2 aliphatic carbocycles. The number of hydrogen-bond donors (Lipinski definition) is 0. The third kappa shape index (κ3) is 7.17. The van der Waals surface area contributed by atoms with E-state index >= 15 is 0 Å². The molecule has 2 bridgehead atoms. The predicted octanol–water partition coefficient (Wildman–Crippen LogP) is 2.73. The molecule has 8 unspecified atom stereocenters. The number of ether oxygens (including phenoxy) is 4. The van der Waals surface area contributed by atoms with E-state index in [4.69, 9.17) is 23.1 Å². The summed E-state index contributed by atoms with van der Waals surface area (Å²) >= 11 is 0. The molecule has 0 N–H and O–H groups in total. The standard InChI is InChI=1S/C7H8O5.C7H10O3S.C3H6O3S.3C2H6/c8-4-1-3-5(12-4)6-7(11-3)10-2-9-6;8-11(9)7-3-4-1-5(7)6(2-4)10-11;4-7(5)3-1-2-6-7;3*1-2/h3,5-7H,1-2H2;4-7H,1-3H2;1-3H2;3*1-2H3. The van der Waals surface area contributed by atoms with Gasteiger partial charge in [0.25, 0.3) is 20.2 Å². The van der Waals surface area contributed by atoms with Crippen LogP contribution in [0.3, 0.4) is 0 Å². The van der Waals surface area contributed by atoms with Gasteiger partial charge in [-0.05, 0) is 31.6 Å². The fourth-order valence-corrected chi connectivity index (χ4v) is 8.14. The SMILES string of the molecule is CC.CC.CC.O=C1CC2OC3OCOC3C2O1.O=S1(=O)CCCO1.O=S1(=O)OC2CC3CC2C1C3. The van der Waals surface area contributed by atoms with Gasteiger partial charge in [0.1, 0.15) is 6.10 Å². The van der Waals surface area contributed by atoms with Crippen LogP contribution >= 0.6 is 0 Å². The lowest BCUT2D eigenvalue weighted by atomic mass is 9.98. The van der Waals surface area contributed by atoms with Crippen molar-refractivity contribution in [3.05, 3.63) is 0 Å². The summed E-state index contributed by atoms with van der Waals surface area (Å²) in [5.41, 5.74) is 0. The van der Waals surface area contributed by atoms with Crippen LogP contribution in [0.4, 0.5) is 0 Å². The second-order valence-corrected chi connectivity index (χ2v) is 12.0. The van der Waals surface area contributed by atoms with Crippen LogP contribution in [-0.2, 0) is 52.3 Å². The summed E-state index contributed by atoms with van der Waals surface area (Å²) in [7, 11) is -6.18. The minimum atomic E-state index is -3.13. The highest BCUT2D eigenvalue weighted by Crippen LogP contribution is 2.54. The summed E-state index contributed by atoms with van der Waals surface area (Å²) in [5, 5.41) is -0.133. The third-order valence-corrected chi connectivity index (χ3v) is 9.63. The first kappa shape index (κ1) is 31.4. The van der Waals surface area contributed by atoms with E-state index in [0.717, 1.165) is 19.3 Å². The lowest BCUT2D eigenvalue weighted by Crippen LogP contribution is -2.30. The average molecular weight is 559 g/mol. The second-order valence-electron chi connectivity index (χ2n) is 8.46. The van der Waals surface area contributed by atoms with Gasteiger partial charge in [-0.3, -0.25) is 13.2 Å². The van der Waals surface area contributed by atoms with Gasteiger partial charge in [0.15, 0.2) is 25.3 Å². The molecule has 7 fully saturated rings. The zero-order chi connectivity index (χ0) is 27.1. The van der Waals surface area contributed by atoms with Crippen molar-refractivity contribution in [1.82, 2.24) is 0 Å². The van der Waals surface area contributed by atoms with Crippen LogP contribution in [0.15, 0.2) is 0 Å². The monoisotopic (exact) mass is 558 g/mol. The predicted molar refractivity (Wildman–Crippen MR) is 131 cm³/mol. The molecule has 8 atom stereocenters. The summed E-state index contributed by atoms with van der Waals surface area (Å²) in [6.07, 6.45) is 3.04. The van der Waals surface area contributed by atoms with Crippen molar-refractivity contribution >= 4 is 26.2 Å². The summed E-state index contributed by atoms with van der Waals surface area (Å²) in [4.78, 5) is 10.8. The van der Waals surface area contributed by atoms with E-state index in [1.54, 1.807) is 0 Å². The smallest absolute Gasteiger partial charge is 0.309 e. The zero-order valence-electron chi connectivity index (χ0n) is 22.1. The Hall–Kier alpha value is -0.830. The Morgan fingerprint density at radius 3 is 2.03 bits per heavy atom. The lowest BCUT2D eigenvalue weighted by Gasteiger charge is -2.11. The molecule has 7 rings (SSSR count). The van der Waals surface area contributed by atoms with Crippen molar-refractivity contribution < 1.29 is 48.9 Å². The van der Waals surface area contributed by atoms with E-state index in [-0.39, 0.29) is 54.5 Å². The molecule has 0 radical (unpaired) electrons. The van der Waals surface area contributed by atoms with Gasteiger partial charge in [-0.1, -0.05) is 41.5 Å². The van der Waals surface area contributed by atoms with E-state index < -0.39 is 20.2 Å². The largest absolute Gasteiger partial charge is 0.456 e. The first-order valence-electron chi connectivity index (χ1n) is 13.1. The first-order valence-corrected chi connectivity index (χ1v) is 16.1. The van der Waals surface area contributed by atoms with E-state index in [2.05, 4.69) is 4.18 Å². The Labute approximate surface area is 215 Å². The maximum Gasteiger partial charge on any atom is 0.309 e. The average Bonchev–Trinajstić information content (AvgIpc) is 3.69. The van der Waals surface area contributed by atoms with Crippen molar-refractivity contribution in [2.24, 2.45) is 11.8 Å². The van der Waals surface area contributed by atoms with E-state index in [0.29, 0.717) is 31.3 Å². The van der Waals surface area contributed by atoms with Crippen LogP contribution < -0.4 is 0 Å². The summed E-state index contributed by atoms with van der Waals surface area (Å²) in [6.45, 7) is 12.6. The molecule has 0 amide bonds. The van der Waals surface area contributed by atoms with Crippen molar-refractivity contribution in [1.29, 1.82) is 0 Å². The number of carbonyl (C=O) groups is 1. The molecular weight excluding hydrogens is 516 g/mol. The van der Waals surface area contributed by atoms with Crippen molar-refractivity contribution in [2.75, 3.05) is 19.2 Å². The highest BCUT2D eigenvalue weighted by molar-refractivity contribution is 7.87. The normalized spacial score (nSPS) is 40.2. The van der Waals surface area contributed by atoms with Gasteiger partial charge in [-0.15, -0.1) is 0 Å². The molecule has 5 heterocycles. The highest BCUT2D eigenvalue weighted by Gasteiger charge is 2.59. The van der Waals surface area contributed by atoms with E-state index in [9.17, 15) is 21.6 Å². The number of fused-ring (bicyclic) bond motifs is 4. The molecular formula is C23H42O11S2. The van der Waals surface area contributed by atoms with E-state index in [1.807, 2.05) is 41.5 Å². The van der Waals surface area contributed by atoms with Gasteiger partial charge in [-0.25, -0.2) is 0 Å². The second kappa shape index (κ2) is 13.8. The Morgan fingerprint density at radius 2 is 1.53 bits per heavy atom. The molecule has 0 spiro atoms. The molecule has 11 nitrogen and oxygen atoms in total. The summed E-state index contributed by atoms with van der Waals surface area (Å²) in [5.74, 6) is 0.990. The molecule has 5 aliphatic heterocycles. The van der Waals surface area contributed by atoms with Crippen LogP contribution in [0.2, 0.25) is 0 Å². The minimum Gasteiger partial charge on any atom is -0.456 e. The third-order valence-electron chi connectivity index (χ3n) is 6.52. The Kier molecular flexibility index (Phi) is 12.0. The fraction of sp³-hybridized carbons (Fsp3) is 0.957. The molecule has 0 aromatic rings.